The fraction of sp³-hybridized carbons (Fsp3) is 0. The topological polar surface area (TPSA) is 38.7 Å². The van der Waals surface area contributed by atoms with Crippen LogP contribution in [-0.4, -0.2) is 15.0 Å². The fourth-order valence-corrected chi connectivity index (χ4v) is 6.63. The van der Waals surface area contributed by atoms with Gasteiger partial charge in [0.05, 0.1) is 0 Å². The Labute approximate surface area is 232 Å². The van der Waals surface area contributed by atoms with Crippen LogP contribution in [0.4, 0.5) is 0 Å². The van der Waals surface area contributed by atoms with Crippen molar-refractivity contribution in [2.45, 2.75) is 0 Å². The molecule has 0 aliphatic rings. The van der Waals surface area contributed by atoms with Crippen LogP contribution in [0.15, 0.2) is 126 Å². The third-order valence-electron chi connectivity index (χ3n) is 6.61. The zero-order chi connectivity index (χ0) is 25.5. The molecule has 38 heavy (non-hydrogen) atoms. The largest absolute Gasteiger partial charge is 0.208 e. The van der Waals surface area contributed by atoms with Crippen LogP contribution >= 0.6 is 27.3 Å². The molecular formula is C33H20BrN3S. The number of benzene rings is 5. The Bertz CT molecular complexity index is 1870. The van der Waals surface area contributed by atoms with Crippen molar-refractivity contribution >= 4 is 47.4 Å². The van der Waals surface area contributed by atoms with Crippen LogP contribution in [0.25, 0.3) is 65.5 Å². The fourth-order valence-electron chi connectivity index (χ4n) is 4.78. The predicted octanol–water partition coefficient (Wildman–Crippen LogP) is 9.67. The van der Waals surface area contributed by atoms with Crippen LogP contribution in [0.5, 0.6) is 0 Å². The monoisotopic (exact) mass is 569 g/mol. The first kappa shape index (κ1) is 23.0. The molecule has 5 heteroatoms. The van der Waals surface area contributed by atoms with Gasteiger partial charge in [-0.15, -0.1) is 11.3 Å². The molecule has 0 bridgehead atoms. The summed E-state index contributed by atoms with van der Waals surface area (Å²) in [5.74, 6) is 1.98. The number of hydrogen-bond donors (Lipinski definition) is 0. The normalized spacial score (nSPS) is 11.3. The van der Waals surface area contributed by atoms with Crippen LogP contribution in [0.2, 0.25) is 0 Å². The van der Waals surface area contributed by atoms with Crippen molar-refractivity contribution in [3.8, 4) is 45.3 Å². The van der Waals surface area contributed by atoms with Crippen LogP contribution in [0.1, 0.15) is 0 Å². The maximum absolute atomic E-state index is 4.92. The molecule has 0 N–H and O–H groups in total. The minimum absolute atomic E-state index is 0.658. The smallest absolute Gasteiger partial charge is 0.164 e. The standard InChI is InChI=1S/C33H20BrN3S/c34-28-19-9-18-27-26-17-8-16-25(29(26)38-30(27)28)23-14-7-15-24(20-23)33-36-31(21-10-3-1-4-11-21)35-32(37-33)22-12-5-2-6-13-22/h1-20H. The van der Waals surface area contributed by atoms with Crippen molar-refractivity contribution in [1.82, 2.24) is 15.0 Å². The van der Waals surface area contributed by atoms with Crippen molar-refractivity contribution in [2.75, 3.05) is 0 Å². The quantitative estimate of drug-likeness (QED) is 0.212. The number of rotatable bonds is 4. The molecular weight excluding hydrogens is 550 g/mol. The van der Waals surface area contributed by atoms with Crippen LogP contribution < -0.4 is 0 Å². The van der Waals surface area contributed by atoms with Gasteiger partial charge in [0.1, 0.15) is 0 Å². The van der Waals surface area contributed by atoms with Gasteiger partial charge in [0, 0.05) is 41.3 Å². The highest BCUT2D eigenvalue weighted by Gasteiger charge is 2.15. The minimum Gasteiger partial charge on any atom is -0.208 e. The number of nitrogens with zero attached hydrogens (tertiary/aromatic N) is 3. The lowest BCUT2D eigenvalue weighted by atomic mass is 10.0. The van der Waals surface area contributed by atoms with Gasteiger partial charge in [-0.3, -0.25) is 0 Å². The van der Waals surface area contributed by atoms with Gasteiger partial charge in [-0.2, -0.15) is 0 Å². The van der Waals surface area contributed by atoms with Gasteiger partial charge in [0.25, 0.3) is 0 Å². The maximum Gasteiger partial charge on any atom is 0.164 e. The van der Waals surface area contributed by atoms with E-state index in [0.29, 0.717) is 17.5 Å². The molecule has 7 rings (SSSR count). The molecule has 0 aliphatic carbocycles. The second-order valence-corrected chi connectivity index (χ2v) is 10.9. The van der Waals surface area contributed by atoms with Gasteiger partial charge in [0.2, 0.25) is 0 Å². The number of thiophene rings is 1. The summed E-state index contributed by atoms with van der Waals surface area (Å²) in [6.45, 7) is 0. The summed E-state index contributed by atoms with van der Waals surface area (Å²) in [4.78, 5) is 14.7. The van der Waals surface area contributed by atoms with E-state index in [9.17, 15) is 0 Å². The number of halogens is 1. The number of aromatic nitrogens is 3. The lowest BCUT2D eigenvalue weighted by Gasteiger charge is -2.10. The molecule has 0 amide bonds. The average Bonchev–Trinajstić information content (AvgIpc) is 3.38. The van der Waals surface area contributed by atoms with Gasteiger partial charge in [-0.1, -0.05) is 109 Å². The zero-order valence-electron chi connectivity index (χ0n) is 20.2. The van der Waals surface area contributed by atoms with Crippen molar-refractivity contribution in [1.29, 1.82) is 0 Å². The van der Waals surface area contributed by atoms with E-state index in [0.717, 1.165) is 26.7 Å². The minimum atomic E-state index is 0.658. The molecule has 0 fully saturated rings. The van der Waals surface area contributed by atoms with E-state index in [1.807, 2.05) is 72.0 Å². The van der Waals surface area contributed by atoms with E-state index in [1.165, 1.54) is 25.7 Å². The van der Waals surface area contributed by atoms with Gasteiger partial charge in [0.15, 0.2) is 17.5 Å². The molecule has 0 unspecified atom stereocenters. The summed E-state index contributed by atoms with van der Waals surface area (Å²) in [7, 11) is 0. The Kier molecular flexibility index (Phi) is 5.80. The Morgan fingerprint density at radius 1 is 0.447 bits per heavy atom. The Balaban J connectivity index is 1.40. The first-order valence-corrected chi connectivity index (χ1v) is 13.9. The van der Waals surface area contributed by atoms with E-state index >= 15 is 0 Å². The summed E-state index contributed by atoms with van der Waals surface area (Å²) in [5, 5.41) is 2.54. The maximum atomic E-state index is 4.92. The number of fused-ring (bicyclic) bond motifs is 3. The highest BCUT2D eigenvalue weighted by Crippen LogP contribution is 2.42. The van der Waals surface area contributed by atoms with Crippen molar-refractivity contribution in [3.63, 3.8) is 0 Å². The molecule has 5 aromatic carbocycles. The molecule has 2 aromatic heterocycles. The van der Waals surface area contributed by atoms with Crippen molar-refractivity contribution < 1.29 is 0 Å². The van der Waals surface area contributed by atoms with Gasteiger partial charge in [-0.05, 0) is 39.2 Å². The summed E-state index contributed by atoms with van der Waals surface area (Å²) in [6, 6.07) is 41.6. The highest BCUT2D eigenvalue weighted by atomic mass is 79.9. The summed E-state index contributed by atoms with van der Waals surface area (Å²) < 4.78 is 3.67. The summed E-state index contributed by atoms with van der Waals surface area (Å²) >= 11 is 5.56. The van der Waals surface area contributed by atoms with E-state index in [2.05, 4.69) is 76.6 Å². The summed E-state index contributed by atoms with van der Waals surface area (Å²) in [6.07, 6.45) is 0. The molecule has 0 saturated carbocycles. The van der Waals surface area contributed by atoms with E-state index in [1.54, 1.807) is 0 Å². The molecule has 0 aliphatic heterocycles. The molecule has 0 saturated heterocycles. The Hall–Kier alpha value is -4.19. The molecule has 180 valence electrons. The third kappa shape index (κ3) is 4.10. The number of hydrogen-bond acceptors (Lipinski definition) is 4. The van der Waals surface area contributed by atoms with E-state index < -0.39 is 0 Å². The first-order chi connectivity index (χ1) is 18.7. The Morgan fingerprint density at radius 2 is 0.947 bits per heavy atom. The first-order valence-electron chi connectivity index (χ1n) is 12.3. The molecule has 0 spiro atoms. The average molecular weight is 571 g/mol. The molecule has 3 nitrogen and oxygen atoms in total. The zero-order valence-corrected chi connectivity index (χ0v) is 22.6. The third-order valence-corrected chi connectivity index (χ3v) is 8.82. The van der Waals surface area contributed by atoms with Gasteiger partial charge < -0.3 is 0 Å². The summed E-state index contributed by atoms with van der Waals surface area (Å²) in [5.41, 5.74) is 5.23. The lowest BCUT2D eigenvalue weighted by Crippen LogP contribution is -2.00. The molecule has 7 aromatic rings. The van der Waals surface area contributed by atoms with Crippen LogP contribution in [-0.2, 0) is 0 Å². The van der Waals surface area contributed by atoms with E-state index in [-0.39, 0.29) is 0 Å². The molecule has 0 radical (unpaired) electrons. The second kappa shape index (κ2) is 9.60. The second-order valence-electron chi connectivity index (χ2n) is 9.02. The van der Waals surface area contributed by atoms with E-state index in [4.69, 9.17) is 15.0 Å². The van der Waals surface area contributed by atoms with Crippen molar-refractivity contribution in [2.24, 2.45) is 0 Å². The van der Waals surface area contributed by atoms with Crippen LogP contribution in [0, 0.1) is 0 Å². The Morgan fingerprint density at radius 3 is 1.61 bits per heavy atom. The highest BCUT2D eigenvalue weighted by molar-refractivity contribution is 9.10. The molecule has 0 atom stereocenters. The van der Waals surface area contributed by atoms with Crippen molar-refractivity contribution in [3.05, 3.63) is 126 Å². The van der Waals surface area contributed by atoms with Gasteiger partial charge >= 0.3 is 0 Å². The predicted molar refractivity (Wildman–Crippen MR) is 162 cm³/mol. The molecule has 2 heterocycles. The SMILES string of the molecule is Brc1cccc2c1sc1c(-c3cccc(-c4nc(-c5ccccc5)nc(-c5ccccc5)n4)c3)cccc12. The van der Waals surface area contributed by atoms with Gasteiger partial charge in [-0.25, -0.2) is 15.0 Å². The lowest BCUT2D eigenvalue weighted by molar-refractivity contribution is 1.07. The van der Waals surface area contributed by atoms with Crippen LogP contribution in [0.3, 0.4) is 0 Å².